The number of likely N-dealkylation sites (N-methyl/N-ethyl adjacent to an activating group) is 1. The van der Waals surface area contributed by atoms with Gasteiger partial charge in [0.25, 0.3) is 0 Å². The molecular formula is C19H35N7O. The number of aliphatic imine (C=N–C) groups is 1. The van der Waals surface area contributed by atoms with Crippen molar-refractivity contribution in [2.75, 3.05) is 40.3 Å². The van der Waals surface area contributed by atoms with Crippen LogP contribution in [0.4, 0.5) is 0 Å². The van der Waals surface area contributed by atoms with Gasteiger partial charge in [0.2, 0.25) is 5.91 Å². The van der Waals surface area contributed by atoms with Crippen molar-refractivity contribution in [2.45, 2.75) is 39.3 Å². The molecule has 2 unspecified atom stereocenters. The molecule has 2 rings (SSSR count). The smallest absolute Gasteiger partial charge is 0.225 e. The van der Waals surface area contributed by atoms with Crippen molar-refractivity contribution < 1.29 is 4.79 Å². The van der Waals surface area contributed by atoms with E-state index in [0.717, 1.165) is 37.6 Å². The van der Waals surface area contributed by atoms with Crippen molar-refractivity contribution >= 4 is 11.9 Å². The molecular weight excluding hydrogens is 342 g/mol. The van der Waals surface area contributed by atoms with E-state index >= 15 is 0 Å². The summed E-state index contributed by atoms with van der Waals surface area (Å²) in [6, 6.07) is 0.401. The van der Waals surface area contributed by atoms with Crippen molar-refractivity contribution in [3.05, 3.63) is 18.0 Å². The Bertz CT molecular complexity index is 638. The molecule has 0 saturated carbocycles. The van der Waals surface area contributed by atoms with E-state index in [1.54, 1.807) is 0 Å². The predicted molar refractivity (Wildman–Crippen MR) is 109 cm³/mol. The molecule has 8 nitrogen and oxygen atoms in total. The highest BCUT2D eigenvalue weighted by atomic mass is 16.2. The van der Waals surface area contributed by atoms with E-state index in [-0.39, 0.29) is 23.9 Å². The number of nitrogens with one attached hydrogen (secondary N) is 2. The molecule has 2 atom stereocenters. The summed E-state index contributed by atoms with van der Waals surface area (Å²) in [5.41, 5.74) is 1.15. The molecule has 1 fully saturated rings. The third kappa shape index (κ3) is 5.95. The first kappa shape index (κ1) is 21.2. The number of carbonyl (C=O) groups is 1. The fraction of sp³-hybridized carbons (Fsp3) is 0.737. The summed E-state index contributed by atoms with van der Waals surface area (Å²) in [6.45, 7) is 8.95. The summed E-state index contributed by atoms with van der Waals surface area (Å²) in [6.07, 6.45) is 4.88. The number of carbonyl (C=O) groups excluding carboxylic acids is 1. The molecule has 27 heavy (non-hydrogen) atoms. The maximum atomic E-state index is 12.2. The highest BCUT2D eigenvalue weighted by molar-refractivity contribution is 5.81. The predicted octanol–water partition coefficient (Wildman–Crippen LogP) is 0.835. The molecule has 1 aromatic heterocycles. The van der Waals surface area contributed by atoms with E-state index in [2.05, 4.69) is 41.7 Å². The molecule has 2 N–H and O–H groups in total. The van der Waals surface area contributed by atoms with Crippen molar-refractivity contribution in [1.82, 2.24) is 30.2 Å². The summed E-state index contributed by atoms with van der Waals surface area (Å²) in [4.78, 5) is 21.1. The standard InChI is InChI=1S/C19H35N7O/c1-7-20-19(23-16-8-9-26(13-16)18(27)14(2)3)21-11-17(24(4)5)15-10-22-25(6)12-15/h10,12,14,16-17H,7-9,11,13H2,1-6H3,(H2,20,21,23). The Balaban J connectivity index is 2.00. The molecule has 0 radical (unpaired) electrons. The fourth-order valence-electron chi connectivity index (χ4n) is 3.31. The Morgan fingerprint density at radius 1 is 1.44 bits per heavy atom. The van der Waals surface area contributed by atoms with E-state index in [0.29, 0.717) is 6.54 Å². The maximum Gasteiger partial charge on any atom is 0.225 e. The van der Waals surface area contributed by atoms with Crippen LogP contribution in [-0.2, 0) is 11.8 Å². The topological polar surface area (TPSA) is 77.8 Å². The number of hydrogen-bond donors (Lipinski definition) is 2. The van der Waals surface area contributed by atoms with Crippen LogP contribution in [0.1, 0.15) is 38.8 Å². The van der Waals surface area contributed by atoms with Crippen molar-refractivity contribution in [2.24, 2.45) is 18.0 Å². The highest BCUT2D eigenvalue weighted by Gasteiger charge is 2.28. The van der Waals surface area contributed by atoms with Crippen molar-refractivity contribution in [1.29, 1.82) is 0 Å². The lowest BCUT2D eigenvalue weighted by atomic mass is 10.1. The zero-order valence-electron chi connectivity index (χ0n) is 17.6. The van der Waals surface area contributed by atoms with E-state index in [9.17, 15) is 4.79 Å². The van der Waals surface area contributed by atoms with Crippen LogP contribution in [0, 0.1) is 5.92 Å². The molecule has 1 aliphatic rings. The highest BCUT2D eigenvalue weighted by Crippen LogP contribution is 2.18. The molecule has 1 aliphatic heterocycles. The Morgan fingerprint density at radius 3 is 2.74 bits per heavy atom. The van der Waals surface area contributed by atoms with Gasteiger partial charge in [-0.1, -0.05) is 13.8 Å². The molecule has 152 valence electrons. The summed E-state index contributed by atoms with van der Waals surface area (Å²) in [5.74, 6) is 1.08. The van der Waals surface area contributed by atoms with Gasteiger partial charge < -0.3 is 20.4 Å². The van der Waals surface area contributed by atoms with Gasteiger partial charge in [0, 0.05) is 50.4 Å². The van der Waals surface area contributed by atoms with Gasteiger partial charge in [0.15, 0.2) is 5.96 Å². The van der Waals surface area contributed by atoms with Crippen LogP contribution in [0.5, 0.6) is 0 Å². The lowest BCUT2D eigenvalue weighted by molar-refractivity contribution is -0.133. The number of aryl methyl sites for hydroxylation is 1. The van der Waals surface area contributed by atoms with Gasteiger partial charge in [-0.3, -0.25) is 14.5 Å². The molecule has 0 bridgehead atoms. The van der Waals surface area contributed by atoms with Gasteiger partial charge in [-0.25, -0.2) is 0 Å². The SMILES string of the molecule is CCNC(=NCC(c1cnn(C)c1)N(C)C)NC1CCN(C(=O)C(C)C)C1. The molecule has 8 heteroatoms. The first-order chi connectivity index (χ1) is 12.8. The van der Waals surface area contributed by atoms with Crippen molar-refractivity contribution in [3.8, 4) is 0 Å². The second-order valence-corrected chi connectivity index (χ2v) is 7.72. The average molecular weight is 378 g/mol. The number of likely N-dealkylation sites (tertiary alicyclic amines) is 1. The van der Waals surface area contributed by atoms with Gasteiger partial charge in [0.1, 0.15) is 0 Å². The van der Waals surface area contributed by atoms with Crippen LogP contribution < -0.4 is 10.6 Å². The fourth-order valence-corrected chi connectivity index (χ4v) is 3.31. The number of rotatable bonds is 7. The van der Waals surface area contributed by atoms with E-state index in [1.807, 2.05) is 42.9 Å². The Labute approximate surface area is 163 Å². The summed E-state index contributed by atoms with van der Waals surface area (Å²) < 4.78 is 1.82. The van der Waals surface area contributed by atoms with E-state index in [4.69, 9.17) is 4.99 Å². The lowest BCUT2D eigenvalue weighted by Crippen LogP contribution is -2.45. The molecule has 0 aromatic carbocycles. The molecule has 1 amide bonds. The largest absolute Gasteiger partial charge is 0.357 e. The summed E-state index contributed by atoms with van der Waals surface area (Å²) >= 11 is 0. The minimum Gasteiger partial charge on any atom is -0.357 e. The second-order valence-electron chi connectivity index (χ2n) is 7.72. The zero-order valence-corrected chi connectivity index (χ0v) is 17.6. The van der Waals surface area contributed by atoms with Gasteiger partial charge >= 0.3 is 0 Å². The quantitative estimate of drug-likeness (QED) is 0.544. The monoisotopic (exact) mass is 377 g/mol. The number of amides is 1. The normalized spacial score (nSPS) is 19.0. The van der Waals surface area contributed by atoms with Crippen LogP contribution >= 0.6 is 0 Å². The van der Waals surface area contributed by atoms with Gasteiger partial charge in [-0.2, -0.15) is 5.10 Å². The molecule has 0 spiro atoms. The van der Waals surface area contributed by atoms with Crippen LogP contribution in [-0.4, -0.2) is 77.8 Å². The molecule has 2 heterocycles. The molecule has 0 aliphatic carbocycles. The van der Waals surface area contributed by atoms with Gasteiger partial charge in [0.05, 0.1) is 18.8 Å². The first-order valence-electron chi connectivity index (χ1n) is 9.80. The second kappa shape index (κ2) is 9.73. The molecule has 1 saturated heterocycles. The summed E-state index contributed by atoms with van der Waals surface area (Å²) in [7, 11) is 6.04. The number of aromatic nitrogens is 2. The molecule has 1 aromatic rings. The van der Waals surface area contributed by atoms with Gasteiger partial charge in [-0.15, -0.1) is 0 Å². The van der Waals surface area contributed by atoms with Crippen LogP contribution in [0.25, 0.3) is 0 Å². The summed E-state index contributed by atoms with van der Waals surface area (Å²) in [5, 5.41) is 11.1. The Morgan fingerprint density at radius 2 is 2.19 bits per heavy atom. The van der Waals surface area contributed by atoms with Crippen LogP contribution in [0.15, 0.2) is 17.4 Å². The third-order valence-electron chi connectivity index (χ3n) is 4.83. The zero-order chi connectivity index (χ0) is 20.0. The number of guanidine groups is 1. The number of hydrogen-bond acceptors (Lipinski definition) is 4. The Kier molecular flexibility index (Phi) is 7.65. The Hall–Kier alpha value is -2.09. The van der Waals surface area contributed by atoms with E-state index < -0.39 is 0 Å². The number of nitrogens with zero attached hydrogens (tertiary/aromatic N) is 5. The lowest BCUT2D eigenvalue weighted by Gasteiger charge is -2.23. The van der Waals surface area contributed by atoms with Crippen LogP contribution in [0.2, 0.25) is 0 Å². The van der Waals surface area contributed by atoms with Crippen LogP contribution in [0.3, 0.4) is 0 Å². The maximum absolute atomic E-state index is 12.2. The van der Waals surface area contributed by atoms with Crippen molar-refractivity contribution in [3.63, 3.8) is 0 Å². The third-order valence-corrected chi connectivity index (χ3v) is 4.83. The minimum absolute atomic E-state index is 0.0472. The average Bonchev–Trinajstić information content (AvgIpc) is 3.23. The van der Waals surface area contributed by atoms with Gasteiger partial charge in [-0.05, 0) is 27.4 Å². The van der Waals surface area contributed by atoms with E-state index in [1.165, 1.54) is 0 Å². The minimum atomic E-state index is 0.0472. The first-order valence-corrected chi connectivity index (χ1v) is 9.80.